The Morgan fingerprint density at radius 1 is 1.53 bits per heavy atom. The zero-order chi connectivity index (χ0) is 13.1. The third kappa shape index (κ3) is 3.60. The van der Waals surface area contributed by atoms with Crippen LogP contribution >= 0.6 is 0 Å². The van der Waals surface area contributed by atoms with Crippen molar-refractivity contribution in [2.45, 2.75) is 26.3 Å². The lowest BCUT2D eigenvalue weighted by molar-refractivity contribution is -0.274. The summed E-state index contributed by atoms with van der Waals surface area (Å²) in [5.41, 5.74) is 6.01. The van der Waals surface area contributed by atoms with E-state index in [4.69, 9.17) is 11.0 Å². The monoisotopic (exact) mass is 245 g/mol. The minimum absolute atomic E-state index is 0.0209. The van der Waals surface area contributed by atoms with Crippen LogP contribution in [0.5, 0.6) is 5.75 Å². The quantitative estimate of drug-likeness (QED) is 0.881. The SMILES string of the molecule is Cc1c(OC(F)(F)F)cc(CN)nc1CC#N. The summed E-state index contributed by atoms with van der Waals surface area (Å²) in [7, 11) is 0. The second kappa shape index (κ2) is 5.01. The molecule has 0 aromatic carbocycles. The molecular formula is C10H10F3N3O. The van der Waals surface area contributed by atoms with Crippen molar-refractivity contribution in [3.63, 3.8) is 0 Å². The van der Waals surface area contributed by atoms with Crippen LogP contribution in [0.3, 0.4) is 0 Å². The van der Waals surface area contributed by atoms with Crippen LogP contribution in [0.2, 0.25) is 0 Å². The van der Waals surface area contributed by atoms with E-state index in [-0.39, 0.29) is 35.7 Å². The summed E-state index contributed by atoms with van der Waals surface area (Å²) in [6, 6.07) is 2.95. The van der Waals surface area contributed by atoms with Gasteiger partial charge in [-0.25, -0.2) is 0 Å². The number of pyridine rings is 1. The highest BCUT2D eigenvalue weighted by Crippen LogP contribution is 2.28. The van der Waals surface area contributed by atoms with Crippen LogP contribution in [0.15, 0.2) is 6.07 Å². The summed E-state index contributed by atoms with van der Waals surface area (Å²) in [6.45, 7) is 1.40. The molecule has 7 heteroatoms. The van der Waals surface area contributed by atoms with Crippen molar-refractivity contribution in [3.05, 3.63) is 23.0 Å². The molecular weight excluding hydrogens is 235 g/mol. The van der Waals surface area contributed by atoms with Gasteiger partial charge in [0.25, 0.3) is 0 Å². The Labute approximate surface area is 95.8 Å². The second-order valence-corrected chi connectivity index (χ2v) is 3.27. The molecule has 0 fully saturated rings. The molecule has 2 N–H and O–H groups in total. The highest BCUT2D eigenvalue weighted by Gasteiger charge is 2.32. The fourth-order valence-corrected chi connectivity index (χ4v) is 1.27. The van der Waals surface area contributed by atoms with Crippen molar-refractivity contribution in [2.24, 2.45) is 5.73 Å². The summed E-state index contributed by atoms with van der Waals surface area (Å²) < 4.78 is 40.3. The molecule has 0 atom stereocenters. The Kier molecular flexibility index (Phi) is 3.91. The Balaban J connectivity index is 3.20. The van der Waals surface area contributed by atoms with E-state index in [0.29, 0.717) is 0 Å². The first kappa shape index (κ1) is 13.3. The minimum atomic E-state index is -4.78. The predicted octanol–water partition coefficient (Wildman–Crippen LogP) is 1.81. The second-order valence-electron chi connectivity index (χ2n) is 3.27. The fraction of sp³-hybridized carbons (Fsp3) is 0.400. The summed E-state index contributed by atoms with van der Waals surface area (Å²) in [5.74, 6) is -0.363. The fourth-order valence-electron chi connectivity index (χ4n) is 1.27. The number of nitrogens with two attached hydrogens (primary N) is 1. The van der Waals surface area contributed by atoms with E-state index in [9.17, 15) is 13.2 Å². The molecule has 0 spiro atoms. The molecule has 1 aromatic heterocycles. The van der Waals surface area contributed by atoms with Gasteiger partial charge in [-0.2, -0.15) is 5.26 Å². The van der Waals surface area contributed by atoms with Crippen LogP contribution in [-0.4, -0.2) is 11.3 Å². The van der Waals surface area contributed by atoms with Gasteiger partial charge in [0.1, 0.15) is 5.75 Å². The molecule has 0 aliphatic heterocycles. The molecule has 0 amide bonds. The van der Waals surface area contributed by atoms with E-state index < -0.39 is 6.36 Å². The summed E-state index contributed by atoms with van der Waals surface area (Å²) >= 11 is 0. The summed E-state index contributed by atoms with van der Waals surface area (Å²) in [6.07, 6.45) is -4.87. The highest BCUT2D eigenvalue weighted by atomic mass is 19.4. The average Bonchev–Trinajstić information content (AvgIpc) is 2.22. The number of hydrogen-bond donors (Lipinski definition) is 1. The van der Waals surface area contributed by atoms with Gasteiger partial charge in [0, 0.05) is 18.2 Å². The van der Waals surface area contributed by atoms with Gasteiger partial charge >= 0.3 is 6.36 Å². The number of nitrogens with zero attached hydrogens (tertiary/aromatic N) is 2. The highest BCUT2D eigenvalue weighted by molar-refractivity contribution is 5.38. The van der Waals surface area contributed by atoms with Gasteiger partial charge < -0.3 is 10.5 Å². The van der Waals surface area contributed by atoms with Gasteiger partial charge in [0.05, 0.1) is 23.9 Å². The first-order valence-electron chi connectivity index (χ1n) is 4.69. The first-order valence-corrected chi connectivity index (χ1v) is 4.69. The van der Waals surface area contributed by atoms with E-state index >= 15 is 0 Å². The van der Waals surface area contributed by atoms with E-state index in [1.54, 1.807) is 0 Å². The lowest BCUT2D eigenvalue weighted by Crippen LogP contribution is -2.19. The van der Waals surface area contributed by atoms with Gasteiger partial charge in [0.15, 0.2) is 0 Å². The van der Waals surface area contributed by atoms with Gasteiger partial charge in [-0.3, -0.25) is 4.98 Å². The largest absolute Gasteiger partial charge is 0.573 e. The van der Waals surface area contributed by atoms with Crippen LogP contribution in [0.4, 0.5) is 13.2 Å². The van der Waals surface area contributed by atoms with Crippen molar-refractivity contribution in [3.8, 4) is 11.8 Å². The third-order valence-electron chi connectivity index (χ3n) is 2.06. The zero-order valence-corrected chi connectivity index (χ0v) is 9.01. The lowest BCUT2D eigenvalue weighted by Gasteiger charge is -2.14. The first-order chi connectivity index (χ1) is 7.87. The van der Waals surface area contributed by atoms with Crippen molar-refractivity contribution in [1.82, 2.24) is 4.98 Å². The van der Waals surface area contributed by atoms with E-state index in [0.717, 1.165) is 6.07 Å². The average molecular weight is 245 g/mol. The Hall–Kier alpha value is -1.81. The van der Waals surface area contributed by atoms with Crippen molar-refractivity contribution < 1.29 is 17.9 Å². The number of aromatic nitrogens is 1. The van der Waals surface area contributed by atoms with E-state index in [2.05, 4.69) is 9.72 Å². The number of hydrogen-bond acceptors (Lipinski definition) is 4. The molecule has 0 aliphatic rings. The molecule has 17 heavy (non-hydrogen) atoms. The molecule has 4 nitrogen and oxygen atoms in total. The normalized spacial score (nSPS) is 11.1. The molecule has 1 aromatic rings. The van der Waals surface area contributed by atoms with Crippen LogP contribution in [-0.2, 0) is 13.0 Å². The lowest BCUT2D eigenvalue weighted by atomic mass is 10.1. The van der Waals surface area contributed by atoms with Crippen LogP contribution in [0.25, 0.3) is 0 Å². The molecule has 1 heterocycles. The maximum atomic E-state index is 12.1. The van der Waals surface area contributed by atoms with Gasteiger partial charge in [0.2, 0.25) is 0 Å². The van der Waals surface area contributed by atoms with Gasteiger partial charge in [-0.05, 0) is 6.92 Å². The molecule has 0 saturated carbocycles. The smallest absolute Gasteiger partial charge is 0.405 e. The van der Waals surface area contributed by atoms with Crippen molar-refractivity contribution >= 4 is 0 Å². The predicted molar refractivity (Wildman–Crippen MR) is 52.9 cm³/mol. The van der Waals surface area contributed by atoms with E-state index in [1.165, 1.54) is 6.92 Å². The maximum Gasteiger partial charge on any atom is 0.573 e. The number of nitriles is 1. The molecule has 0 aliphatic carbocycles. The standard InChI is InChI=1S/C10H10F3N3O/c1-6-8(2-3-14)16-7(5-15)4-9(6)17-10(11,12)13/h4H,2,5,15H2,1H3. The summed E-state index contributed by atoms with van der Waals surface area (Å²) in [5, 5.41) is 8.55. The maximum absolute atomic E-state index is 12.1. The molecule has 0 unspecified atom stereocenters. The Morgan fingerprint density at radius 2 is 2.18 bits per heavy atom. The Bertz CT molecular complexity index is 451. The number of rotatable bonds is 3. The number of alkyl halides is 3. The van der Waals surface area contributed by atoms with Crippen LogP contribution in [0.1, 0.15) is 17.0 Å². The van der Waals surface area contributed by atoms with Gasteiger partial charge in [-0.1, -0.05) is 0 Å². The Morgan fingerprint density at radius 3 is 2.65 bits per heavy atom. The minimum Gasteiger partial charge on any atom is -0.405 e. The molecule has 0 saturated heterocycles. The molecule has 0 radical (unpaired) electrons. The topological polar surface area (TPSA) is 71.9 Å². The number of halogens is 3. The molecule has 92 valence electrons. The summed E-state index contributed by atoms with van der Waals surface area (Å²) in [4.78, 5) is 3.98. The van der Waals surface area contributed by atoms with Gasteiger partial charge in [-0.15, -0.1) is 13.2 Å². The number of ether oxygens (including phenoxy) is 1. The molecule has 1 rings (SSSR count). The van der Waals surface area contributed by atoms with E-state index in [1.807, 2.05) is 6.07 Å². The van der Waals surface area contributed by atoms with Crippen LogP contribution < -0.4 is 10.5 Å². The third-order valence-corrected chi connectivity index (χ3v) is 2.06. The zero-order valence-electron chi connectivity index (χ0n) is 9.01. The molecule has 0 bridgehead atoms. The van der Waals surface area contributed by atoms with Crippen LogP contribution in [0, 0.1) is 18.3 Å². The van der Waals surface area contributed by atoms with Crippen molar-refractivity contribution in [2.75, 3.05) is 0 Å². The van der Waals surface area contributed by atoms with Crippen molar-refractivity contribution in [1.29, 1.82) is 5.26 Å².